The minimum atomic E-state index is -0.756. The molecular weight excluding hydrogens is 641 g/mol. The van der Waals surface area contributed by atoms with Crippen molar-refractivity contribution >= 4 is 71.8 Å². The van der Waals surface area contributed by atoms with Gasteiger partial charge in [-0.15, -0.1) is 0 Å². The highest BCUT2D eigenvalue weighted by Crippen LogP contribution is 2.49. The topological polar surface area (TPSA) is 71.5 Å². The number of anilines is 1. The average Bonchev–Trinajstić information content (AvgIpc) is 3.51. The van der Waals surface area contributed by atoms with E-state index < -0.39 is 17.8 Å². The zero-order valence-electron chi connectivity index (χ0n) is 22.4. The molecule has 1 aliphatic heterocycles. The Hall–Kier alpha value is -4.01. The minimum Gasteiger partial charge on any atom is -0.497 e. The Morgan fingerprint density at radius 2 is 1.93 bits per heavy atom. The van der Waals surface area contributed by atoms with Gasteiger partial charge in [-0.25, -0.2) is 14.2 Å². The zero-order valence-corrected chi connectivity index (χ0v) is 25.5. The number of carbonyl (C=O) groups is 1. The van der Waals surface area contributed by atoms with Gasteiger partial charge in [-0.05, 0) is 72.6 Å². The first-order valence-electron chi connectivity index (χ1n) is 12.9. The third-order valence-corrected chi connectivity index (χ3v) is 8.88. The molecule has 1 atom stereocenters. The molecular formula is C32H22BrClFN3O3S. The van der Waals surface area contributed by atoms with E-state index in [1.165, 1.54) is 29.5 Å². The van der Waals surface area contributed by atoms with Crippen LogP contribution >= 0.6 is 38.9 Å². The van der Waals surface area contributed by atoms with Crippen molar-refractivity contribution in [1.29, 1.82) is 0 Å². The van der Waals surface area contributed by atoms with Crippen molar-refractivity contribution in [2.45, 2.75) is 19.5 Å². The van der Waals surface area contributed by atoms with E-state index >= 15 is 0 Å². The zero-order chi connectivity index (χ0) is 29.5. The molecule has 2 heterocycles. The minimum absolute atomic E-state index is 0.233. The van der Waals surface area contributed by atoms with Gasteiger partial charge in [0.25, 0.3) is 5.91 Å². The molecule has 1 aromatic heterocycles. The van der Waals surface area contributed by atoms with Crippen LogP contribution in [0.4, 0.5) is 9.52 Å². The maximum Gasteiger partial charge on any atom is 0.257 e. The van der Waals surface area contributed by atoms with E-state index in [0.29, 0.717) is 42.6 Å². The number of hydrogen-bond acceptors (Lipinski definition) is 6. The number of nitrogens with one attached hydrogen (secondary N) is 1. The number of halogens is 3. The Kier molecular flexibility index (Phi) is 7.60. The second-order valence-corrected chi connectivity index (χ2v) is 12.2. The molecule has 0 fully saturated rings. The average molecular weight is 663 g/mol. The molecule has 0 saturated heterocycles. The van der Waals surface area contributed by atoms with Crippen LogP contribution in [0, 0.1) is 12.7 Å². The van der Waals surface area contributed by atoms with Crippen molar-refractivity contribution in [3.8, 4) is 5.75 Å². The van der Waals surface area contributed by atoms with Gasteiger partial charge >= 0.3 is 0 Å². The summed E-state index contributed by atoms with van der Waals surface area (Å²) in [6.07, 6.45) is 0. The van der Waals surface area contributed by atoms with E-state index in [2.05, 4.69) is 32.2 Å². The summed E-state index contributed by atoms with van der Waals surface area (Å²) in [6, 6.07) is 20.1. The van der Waals surface area contributed by atoms with Gasteiger partial charge in [-0.3, -0.25) is 10.1 Å². The third kappa shape index (κ3) is 5.21. The lowest BCUT2D eigenvalue weighted by Crippen LogP contribution is -2.24. The number of hydrogen-bond donors (Lipinski definition) is 1. The smallest absolute Gasteiger partial charge is 0.257 e. The first-order valence-corrected chi connectivity index (χ1v) is 14.9. The summed E-state index contributed by atoms with van der Waals surface area (Å²) in [6.45, 7) is 2.26. The van der Waals surface area contributed by atoms with Crippen molar-refractivity contribution in [2.75, 3.05) is 12.4 Å². The second kappa shape index (κ2) is 11.3. The van der Waals surface area contributed by atoms with Gasteiger partial charge in [0.05, 0.1) is 23.4 Å². The number of thiazole rings is 1. The largest absolute Gasteiger partial charge is 0.497 e. The highest BCUT2D eigenvalue weighted by Gasteiger charge is 2.40. The molecule has 0 saturated carbocycles. The van der Waals surface area contributed by atoms with Crippen molar-refractivity contribution in [3.63, 3.8) is 0 Å². The lowest BCUT2D eigenvalue weighted by atomic mass is 9.92. The lowest BCUT2D eigenvalue weighted by molar-refractivity contribution is 0.102. The van der Waals surface area contributed by atoms with E-state index in [9.17, 15) is 14.0 Å². The second-order valence-electron chi connectivity index (χ2n) is 9.85. The Labute approximate surface area is 258 Å². The molecule has 0 bridgehead atoms. The summed E-state index contributed by atoms with van der Waals surface area (Å²) in [5.74, 6) is 1.86. The number of benzene rings is 4. The molecule has 210 valence electrons. The van der Waals surface area contributed by atoms with Gasteiger partial charge in [0.15, 0.2) is 11.1 Å². The third-order valence-electron chi connectivity index (χ3n) is 7.14. The number of aromatic nitrogens is 1. The van der Waals surface area contributed by atoms with Gasteiger partial charge in [-0.2, -0.15) is 0 Å². The predicted molar refractivity (Wildman–Crippen MR) is 167 cm³/mol. The van der Waals surface area contributed by atoms with E-state index in [0.717, 1.165) is 21.3 Å². The molecule has 0 aliphatic carbocycles. The van der Waals surface area contributed by atoms with Crippen LogP contribution in [0.15, 0.2) is 77.3 Å². The molecule has 0 radical (unpaired) electrons. The van der Waals surface area contributed by atoms with Crippen LogP contribution < -0.4 is 10.1 Å². The first kappa shape index (κ1) is 28.1. The van der Waals surface area contributed by atoms with Crippen LogP contribution in [0.2, 0.25) is 5.02 Å². The molecule has 4 aromatic carbocycles. The standard InChI is InChI=1S/C32H22BrClFN3O3S/c1-17-3-10-26-28(11-17)42-32(36-26)37-31(40)24-13-19(33)12-23-27(16-39)38(15-18-4-7-21(41-2)8-5-18)30(29(23)24)22-14-20(35)6-9-25(22)34/h3-14,30H,15H2,1-2H3,(H,36,37,40). The fourth-order valence-electron chi connectivity index (χ4n) is 5.24. The van der Waals surface area contributed by atoms with E-state index in [-0.39, 0.29) is 12.2 Å². The number of fused-ring (bicyclic) bond motifs is 2. The molecule has 6 rings (SSSR count). The van der Waals surface area contributed by atoms with Crippen LogP contribution in [-0.2, 0) is 11.3 Å². The lowest BCUT2D eigenvalue weighted by Gasteiger charge is -2.29. The maximum atomic E-state index is 14.7. The Balaban J connectivity index is 1.49. The summed E-state index contributed by atoms with van der Waals surface area (Å²) in [4.78, 5) is 32.8. The Morgan fingerprint density at radius 3 is 2.67 bits per heavy atom. The summed E-state index contributed by atoms with van der Waals surface area (Å²) < 4.78 is 21.5. The highest BCUT2D eigenvalue weighted by molar-refractivity contribution is 9.10. The normalized spacial score (nSPS) is 14.2. The van der Waals surface area contributed by atoms with Crippen LogP contribution in [0.3, 0.4) is 0 Å². The summed E-state index contributed by atoms with van der Waals surface area (Å²) in [5.41, 5.74) is 4.71. The highest BCUT2D eigenvalue weighted by atomic mass is 79.9. The number of methoxy groups -OCH3 is 1. The molecule has 1 amide bonds. The fraction of sp³-hybridized carbons (Fsp3) is 0.125. The van der Waals surface area contributed by atoms with Crippen LogP contribution in [-0.4, -0.2) is 28.8 Å². The molecule has 42 heavy (non-hydrogen) atoms. The molecule has 10 heteroatoms. The van der Waals surface area contributed by atoms with E-state index in [1.54, 1.807) is 24.1 Å². The number of nitrogens with zero attached hydrogens (tertiary/aromatic N) is 2. The molecule has 5 aromatic rings. The van der Waals surface area contributed by atoms with Gasteiger partial charge in [0, 0.05) is 38.3 Å². The summed E-state index contributed by atoms with van der Waals surface area (Å²) in [7, 11) is 1.58. The van der Waals surface area contributed by atoms with E-state index in [1.807, 2.05) is 49.4 Å². The predicted octanol–water partition coefficient (Wildman–Crippen LogP) is 8.20. The summed E-state index contributed by atoms with van der Waals surface area (Å²) in [5, 5.41) is 3.67. The number of aryl methyl sites for hydroxylation is 1. The van der Waals surface area contributed by atoms with Crippen molar-refractivity contribution < 1.29 is 18.7 Å². The molecule has 1 unspecified atom stereocenters. The van der Waals surface area contributed by atoms with Crippen molar-refractivity contribution in [1.82, 2.24) is 9.88 Å². The van der Waals surface area contributed by atoms with Crippen molar-refractivity contribution in [3.05, 3.63) is 121 Å². The fourth-order valence-corrected chi connectivity index (χ4v) is 6.88. The van der Waals surface area contributed by atoms with Crippen LogP contribution in [0.1, 0.15) is 44.2 Å². The number of ether oxygens (including phenoxy) is 1. The van der Waals surface area contributed by atoms with Crippen LogP contribution in [0.25, 0.3) is 15.9 Å². The first-order chi connectivity index (χ1) is 20.2. The van der Waals surface area contributed by atoms with Gasteiger partial charge in [0.1, 0.15) is 17.3 Å². The molecule has 1 N–H and O–H groups in total. The van der Waals surface area contributed by atoms with Gasteiger partial charge in [0.2, 0.25) is 0 Å². The Bertz CT molecular complexity index is 1920. The van der Waals surface area contributed by atoms with Crippen LogP contribution in [0.5, 0.6) is 5.75 Å². The molecule has 0 spiro atoms. The SMILES string of the molecule is COc1ccc(CN2C(=C=O)c3cc(Br)cc(C(=O)Nc4nc5ccc(C)cc5s4)c3C2c2cc(F)ccc2Cl)cc1. The molecule has 6 nitrogen and oxygen atoms in total. The maximum absolute atomic E-state index is 14.7. The quantitative estimate of drug-likeness (QED) is 0.186. The van der Waals surface area contributed by atoms with Crippen molar-refractivity contribution in [2.24, 2.45) is 0 Å². The van der Waals surface area contributed by atoms with Gasteiger partial charge < -0.3 is 9.64 Å². The number of rotatable bonds is 6. The van der Waals surface area contributed by atoms with E-state index in [4.69, 9.17) is 16.3 Å². The number of amides is 1. The van der Waals surface area contributed by atoms with Gasteiger partial charge in [-0.1, -0.05) is 57.1 Å². The number of carbonyl (C=O) groups excluding carboxylic acids is 2. The molecule has 1 aliphatic rings. The monoisotopic (exact) mass is 661 g/mol. The Morgan fingerprint density at radius 1 is 1.14 bits per heavy atom. The summed E-state index contributed by atoms with van der Waals surface area (Å²) >= 11 is 11.5.